The molecule has 6 heteroatoms. The minimum atomic E-state index is -0.893. The van der Waals surface area contributed by atoms with Crippen LogP contribution < -0.4 is 0 Å². The van der Waals surface area contributed by atoms with Gasteiger partial charge in [0.2, 0.25) is 0 Å². The van der Waals surface area contributed by atoms with Crippen LogP contribution in [-0.2, 0) is 0 Å². The largest absolute Gasteiger partial charge is 0.345 e. The number of nitrogens with one attached hydrogen (secondary N) is 1. The molecule has 0 fully saturated rings. The summed E-state index contributed by atoms with van der Waals surface area (Å²) in [7, 11) is 0. The molecule has 0 atom stereocenters. The van der Waals surface area contributed by atoms with E-state index in [1.165, 1.54) is 6.20 Å². The highest BCUT2D eigenvalue weighted by Gasteiger charge is 2.19. The number of fused-ring (bicyclic) bond motifs is 1. The second kappa shape index (κ2) is 5.90. The molecule has 4 nitrogen and oxygen atoms in total. The molecule has 0 saturated heterocycles. The Morgan fingerprint density at radius 2 is 1.88 bits per heavy atom. The van der Waals surface area contributed by atoms with Crippen molar-refractivity contribution >= 4 is 16.8 Å². The van der Waals surface area contributed by atoms with Crippen molar-refractivity contribution < 1.29 is 13.6 Å². The van der Waals surface area contributed by atoms with Gasteiger partial charge in [-0.2, -0.15) is 0 Å². The van der Waals surface area contributed by atoms with E-state index in [1.807, 2.05) is 6.07 Å². The van der Waals surface area contributed by atoms with Gasteiger partial charge in [0, 0.05) is 52.9 Å². The Bertz CT molecular complexity index is 1090. The Hall–Kier alpha value is -3.41. The first-order valence-corrected chi connectivity index (χ1v) is 7.51. The van der Waals surface area contributed by atoms with Crippen molar-refractivity contribution in [2.75, 3.05) is 0 Å². The maximum atomic E-state index is 13.9. The van der Waals surface area contributed by atoms with Crippen molar-refractivity contribution in [3.05, 3.63) is 83.9 Å². The van der Waals surface area contributed by atoms with Gasteiger partial charge in [-0.15, -0.1) is 0 Å². The normalized spacial score (nSPS) is 11.0. The predicted molar refractivity (Wildman–Crippen MR) is 89.1 cm³/mol. The second-order valence-electron chi connectivity index (χ2n) is 5.52. The quantitative estimate of drug-likeness (QED) is 0.573. The van der Waals surface area contributed by atoms with Crippen LogP contribution in [0.4, 0.5) is 8.78 Å². The van der Waals surface area contributed by atoms with Crippen LogP contribution in [0.1, 0.15) is 15.9 Å². The lowest BCUT2D eigenvalue weighted by molar-refractivity contribution is 0.103. The minimum Gasteiger partial charge on any atom is -0.345 e. The first kappa shape index (κ1) is 15.1. The predicted octanol–water partition coefficient (Wildman–Crippen LogP) is 4.13. The molecule has 0 radical (unpaired) electrons. The van der Waals surface area contributed by atoms with E-state index in [0.29, 0.717) is 17.1 Å². The molecule has 25 heavy (non-hydrogen) atoms. The number of carbonyl (C=O) groups excluding carboxylic acids is 1. The van der Waals surface area contributed by atoms with Crippen molar-refractivity contribution in [2.45, 2.75) is 0 Å². The van der Waals surface area contributed by atoms with Crippen LogP contribution in [0, 0.1) is 11.6 Å². The average molecular weight is 335 g/mol. The zero-order chi connectivity index (χ0) is 17.4. The number of halogens is 2. The Labute approximate surface area is 141 Å². The summed E-state index contributed by atoms with van der Waals surface area (Å²) >= 11 is 0. The van der Waals surface area contributed by atoms with Crippen molar-refractivity contribution in [1.29, 1.82) is 0 Å². The first-order chi connectivity index (χ1) is 12.1. The molecule has 0 aliphatic carbocycles. The topological polar surface area (TPSA) is 58.6 Å². The van der Waals surface area contributed by atoms with Crippen LogP contribution >= 0.6 is 0 Å². The van der Waals surface area contributed by atoms with Crippen LogP contribution in [0.5, 0.6) is 0 Å². The smallest absolute Gasteiger partial charge is 0.198 e. The van der Waals surface area contributed by atoms with E-state index in [0.717, 1.165) is 23.3 Å². The van der Waals surface area contributed by atoms with Crippen LogP contribution in [-0.4, -0.2) is 20.7 Å². The van der Waals surface area contributed by atoms with Gasteiger partial charge in [-0.3, -0.25) is 9.78 Å². The highest BCUT2D eigenvalue weighted by Crippen LogP contribution is 2.26. The highest BCUT2D eigenvalue weighted by molar-refractivity contribution is 6.16. The van der Waals surface area contributed by atoms with Gasteiger partial charge in [-0.1, -0.05) is 6.07 Å². The molecule has 122 valence electrons. The number of ketones is 1. The molecule has 3 heterocycles. The molecule has 0 aliphatic heterocycles. The van der Waals surface area contributed by atoms with Gasteiger partial charge in [-0.05, 0) is 24.3 Å². The zero-order valence-corrected chi connectivity index (χ0v) is 12.8. The number of H-pyrrole nitrogens is 1. The third kappa shape index (κ3) is 2.67. The molecule has 0 unspecified atom stereocenters. The monoisotopic (exact) mass is 335 g/mol. The van der Waals surface area contributed by atoms with E-state index in [2.05, 4.69) is 15.0 Å². The van der Waals surface area contributed by atoms with Gasteiger partial charge in [0.1, 0.15) is 17.3 Å². The number of benzene rings is 1. The molecule has 3 aromatic heterocycles. The zero-order valence-electron chi connectivity index (χ0n) is 12.8. The molecule has 1 N–H and O–H groups in total. The number of hydrogen-bond acceptors (Lipinski definition) is 3. The molecule has 0 spiro atoms. The molecule has 4 aromatic rings. The molecule has 1 aromatic carbocycles. The Morgan fingerprint density at radius 1 is 1.00 bits per heavy atom. The minimum absolute atomic E-state index is 0.186. The average Bonchev–Trinajstić information content (AvgIpc) is 3.05. The molecular weight excluding hydrogens is 324 g/mol. The number of aromatic amines is 1. The van der Waals surface area contributed by atoms with E-state index < -0.39 is 17.4 Å². The fraction of sp³-hybridized carbons (Fsp3) is 0. The summed E-state index contributed by atoms with van der Waals surface area (Å²) in [6.45, 7) is 0. The van der Waals surface area contributed by atoms with Crippen LogP contribution in [0.15, 0.2) is 61.2 Å². The van der Waals surface area contributed by atoms with Gasteiger partial charge in [-0.25, -0.2) is 13.8 Å². The van der Waals surface area contributed by atoms with Gasteiger partial charge in [0.05, 0.1) is 5.56 Å². The number of rotatable bonds is 3. The second-order valence-corrected chi connectivity index (χ2v) is 5.52. The summed E-state index contributed by atoms with van der Waals surface area (Å²) in [5.41, 5.74) is 2.24. The van der Waals surface area contributed by atoms with Crippen molar-refractivity contribution in [1.82, 2.24) is 15.0 Å². The van der Waals surface area contributed by atoms with Crippen molar-refractivity contribution in [3.63, 3.8) is 0 Å². The molecule has 0 amide bonds. The van der Waals surface area contributed by atoms with Crippen LogP contribution in [0.25, 0.3) is 22.2 Å². The molecular formula is C19H11F2N3O. The van der Waals surface area contributed by atoms with Gasteiger partial charge in [0.25, 0.3) is 0 Å². The van der Waals surface area contributed by atoms with E-state index >= 15 is 0 Å². The summed E-state index contributed by atoms with van der Waals surface area (Å²) in [6, 6.07) is 8.38. The number of hydrogen-bond donors (Lipinski definition) is 1. The SMILES string of the molecule is O=C(c1ccc(F)cc1F)c1c[nH]c2ncc(-c3cccnc3)cc12. The first-order valence-electron chi connectivity index (χ1n) is 7.51. The fourth-order valence-electron chi connectivity index (χ4n) is 2.70. The maximum Gasteiger partial charge on any atom is 0.198 e. The third-order valence-electron chi connectivity index (χ3n) is 3.95. The van der Waals surface area contributed by atoms with E-state index in [-0.39, 0.29) is 11.1 Å². The van der Waals surface area contributed by atoms with Gasteiger partial charge in [0.15, 0.2) is 5.78 Å². The Kier molecular flexibility index (Phi) is 3.57. The summed E-state index contributed by atoms with van der Waals surface area (Å²) < 4.78 is 27.0. The standard InChI is InChI=1S/C19H11F2N3O/c20-13-3-4-14(17(21)7-13)18(25)16-10-24-19-15(16)6-12(9-23-19)11-2-1-5-22-8-11/h1-10H,(H,23,24). The lowest BCUT2D eigenvalue weighted by atomic mass is 10.0. The molecule has 0 saturated carbocycles. The fourth-order valence-corrected chi connectivity index (χ4v) is 2.70. The van der Waals surface area contributed by atoms with Crippen molar-refractivity contribution in [3.8, 4) is 11.1 Å². The van der Waals surface area contributed by atoms with Crippen molar-refractivity contribution in [2.24, 2.45) is 0 Å². The number of nitrogens with zero attached hydrogens (tertiary/aromatic N) is 2. The molecule has 4 rings (SSSR count). The maximum absolute atomic E-state index is 13.9. The Balaban J connectivity index is 1.83. The van der Waals surface area contributed by atoms with Crippen LogP contribution in [0.3, 0.4) is 0 Å². The molecule has 0 aliphatic rings. The summed E-state index contributed by atoms with van der Waals surface area (Å²) in [6.07, 6.45) is 6.51. The number of carbonyl (C=O) groups is 1. The summed E-state index contributed by atoms with van der Waals surface area (Å²) in [4.78, 5) is 24.0. The van der Waals surface area contributed by atoms with Crippen LogP contribution in [0.2, 0.25) is 0 Å². The molecule has 0 bridgehead atoms. The van der Waals surface area contributed by atoms with E-state index in [1.54, 1.807) is 30.7 Å². The summed E-state index contributed by atoms with van der Waals surface area (Å²) in [5.74, 6) is -2.15. The van der Waals surface area contributed by atoms with E-state index in [9.17, 15) is 13.6 Å². The number of aromatic nitrogens is 3. The Morgan fingerprint density at radius 3 is 2.64 bits per heavy atom. The lowest BCUT2D eigenvalue weighted by Crippen LogP contribution is -2.04. The number of pyridine rings is 2. The third-order valence-corrected chi connectivity index (χ3v) is 3.95. The lowest BCUT2D eigenvalue weighted by Gasteiger charge is -2.04. The van der Waals surface area contributed by atoms with E-state index in [4.69, 9.17) is 0 Å². The van der Waals surface area contributed by atoms with Gasteiger partial charge < -0.3 is 4.98 Å². The highest BCUT2D eigenvalue weighted by atomic mass is 19.1. The summed E-state index contributed by atoms with van der Waals surface area (Å²) in [5, 5.41) is 0.565. The van der Waals surface area contributed by atoms with Gasteiger partial charge >= 0.3 is 0 Å².